The molecule has 0 spiro atoms. The zero-order valence-electron chi connectivity index (χ0n) is 12.0. The second kappa shape index (κ2) is 6.97. The van der Waals surface area contributed by atoms with E-state index in [4.69, 9.17) is 16.3 Å². The maximum Gasteiger partial charge on any atom is 0.138 e. The van der Waals surface area contributed by atoms with Crippen molar-refractivity contribution in [3.63, 3.8) is 0 Å². The minimum Gasteiger partial charge on any atom is -0.487 e. The van der Waals surface area contributed by atoms with E-state index in [1.807, 2.05) is 24.3 Å². The molecule has 0 aromatic heterocycles. The van der Waals surface area contributed by atoms with Gasteiger partial charge in [-0.25, -0.2) is 0 Å². The molecule has 1 aliphatic rings. The lowest BCUT2D eigenvalue weighted by Crippen LogP contribution is -2.19. The Morgan fingerprint density at radius 1 is 1.00 bits per heavy atom. The highest BCUT2D eigenvalue weighted by atomic mass is 35.5. The minimum absolute atomic E-state index is 0.559. The summed E-state index contributed by atoms with van der Waals surface area (Å²) in [6.45, 7) is 1.59. The summed E-state index contributed by atoms with van der Waals surface area (Å²) in [7, 11) is 0. The van der Waals surface area contributed by atoms with E-state index in [0.717, 1.165) is 24.8 Å². The van der Waals surface area contributed by atoms with Gasteiger partial charge in [-0.05, 0) is 49.1 Å². The van der Waals surface area contributed by atoms with Crippen LogP contribution in [0.5, 0.6) is 5.75 Å². The molecule has 0 unspecified atom stereocenters. The smallest absolute Gasteiger partial charge is 0.138 e. The van der Waals surface area contributed by atoms with E-state index in [9.17, 15) is 0 Å². The van der Waals surface area contributed by atoms with Crippen molar-refractivity contribution >= 4 is 11.6 Å². The molecule has 1 N–H and O–H groups in total. The molecule has 0 bridgehead atoms. The molecule has 2 aromatic rings. The zero-order valence-corrected chi connectivity index (χ0v) is 12.8. The summed E-state index contributed by atoms with van der Waals surface area (Å²) in [6.07, 6.45) is 3.70. The summed E-state index contributed by atoms with van der Waals surface area (Å²) in [5, 5.41) is 4.21. The van der Waals surface area contributed by atoms with Gasteiger partial charge in [0.05, 0.1) is 5.02 Å². The van der Waals surface area contributed by atoms with E-state index < -0.39 is 0 Å². The highest BCUT2D eigenvalue weighted by Crippen LogP contribution is 2.24. The lowest BCUT2D eigenvalue weighted by atomic mass is 10.1. The first-order valence-corrected chi connectivity index (χ1v) is 7.88. The summed E-state index contributed by atoms with van der Waals surface area (Å²) in [4.78, 5) is 0. The van der Waals surface area contributed by atoms with Gasteiger partial charge in [-0.1, -0.05) is 48.0 Å². The van der Waals surface area contributed by atoms with Gasteiger partial charge in [-0.2, -0.15) is 0 Å². The number of para-hydroxylation sites is 1. The van der Waals surface area contributed by atoms with Crippen molar-refractivity contribution < 1.29 is 4.74 Å². The van der Waals surface area contributed by atoms with Crippen molar-refractivity contribution in [2.75, 3.05) is 6.54 Å². The standard InChI is InChI=1S/C18H20ClNO/c19-17-7-3-4-8-18(17)21-13-15-6-2-1-5-14(15)11-12-20-16-9-10-16/h1-8,16,20H,9-13H2. The number of hydrogen-bond acceptors (Lipinski definition) is 2. The van der Waals surface area contributed by atoms with Crippen molar-refractivity contribution in [1.29, 1.82) is 0 Å². The Morgan fingerprint density at radius 2 is 1.71 bits per heavy atom. The van der Waals surface area contributed by atoms with Crippen LogP contribution < -0.4 is 10.1 Å². The van der Waals surface area contributed by atoms with Crippen molar-refractivity contribution in [3.05, 3.63) is 64.7 Å². The average molecular weight is 302 g/mol. The van der Waals surface area contributed by atoms with E-state index in [1.165, 1.54) is 24.0 Å². The van der Waals surface area contributed by atoms with Crippen LogP contribution in [0.1, 0.15) is 24.0 Å². The maximum atomic E-state index is 6.12. The molecule has 0 radical (unpaired) electrons. The molecule has 0 amide bonds. The summed E-state index contributed by atoms with van der Waals surface area (Å²) in [5.74, 6) is 0.741. The van der Waals surface area contributed by atoms with Gasteiger partial charge in [0.2, 0.25) is 0 Å². The summed E-state index contributed by atoms with van der Waals surface area (Å²) < 4.78 is 5.85. The van der Waals surface area contributed by atoms with Gasteiger partial charge in [0, 0.05) is 6.04 Å². The molecule has 1 fully saturated rings. The fourth-order valence-electron chi connectivity index (χ4n) is 2.36. The Bertz CT molecular complexity index is 595. The minimum atomic E-state index is 0.559. The van der Waals surface area contributed by atoms with Crippen LogP contribution in [0, 0.1) is 0 Å². The fraction of sp³-hybridized carbons (Fsp3) is 0.333. The van der Waals surface area contributed by atoms with Gasteiger partial charge in [-0.15, -0.1) is 0 Å². The molecule has 1 saturated carbocycles. The molecule has 0 aliphatic heterocycles. The molecular formula is C18H20ClNO. The van der Waals surface area contributed by atoms with Crippen LogP contribution in [-0.4, -0.2) is 12.6 Å². The van der Waals surface area contributed by atoms with Crippen LogP contribution >= 0.6 is 11.6 Å². The van der Waals surface area contributed by atoms with Crippen molar-refractivity contribution in [2.24, 2.45) is 0 Å². The maximum absolute atomic E-state index is 6.12. The number of halogens is 1. The van der Waals surface area contributed by atoms with Crippen LogP contribution in [0.3, 0.4) is 0 Å². The number of benzene rings is 2. The Balaban J connectivity index is 1.60. The first-order valence-electron chi connectivity index (χ1n) is 7.50. The van der Waals surface area contributed by atoms with Gasteiger partial charge in [0.25, 0.3) is 0 Å². The van der Waals surface area contributed by atoms with Crippen molar-refractivity contribution in [2.45, 2.75) is 31.9 Å². The first kappa shape index (κ1) is 14.4. The van der Waals surface area contributed by atoms with Crippen molar-refractivity contribution in [1.82, 2.24) is 5.32 Å². The molecule has 0 heterocycles. The van der Waals surface area contributed by atoms with Crippen LogP contribution in [0.15, 0.2) is 48.5 Å². The third-order valence-electron chi connectivity index (χ3n) is 3.74. The normalized spacial score (nSPS) is 14.1. The summed E-state index contributed by atoms with van der Waals surface area (Å²) >= 11 is 6.12. The molecule has 110 valence electrons. The van der Waals surface area contributed by atoms with Crippen LogP contribution in [0.4, 0.5) is 0 Å². The highest BCUT2D eigenvalue weighted by Gasteiger charge is 2.19. The third-order valence-corrected chi connectivity index (χ3v) is 4.06. The largest absolute Gasteiger partial charge is 0.487 e. The molecule has 3 heteroatoms. The molecule has 1 aliphatic carbocycles. The molecule has 0 saturated heterocycles. The van der Waals surface area contributed by atoms with E-state index in [0.29, 0.717) is 11.6 Å². The second-order valence-electron chi connectivity index (χ2n) is 5.47. The third kappa shape index (κ3) is 4.23. The van der Waals surface area contributed by atoms with Crippen LogP contribution in [-0.2, 0) is 13.0 Å². The summed E-state index contributed by atoms with van der Waals surface area (Å²) in [5.41, 5.74) is 2.58. The molecular weight excluding hydrogens is 282 g/mol. The van der Waals surface area contributed by atoms with Crippen LogP contribution in [0.2, 0.25) is 5.02 Å². The van der Waals surface area contributed by atoms with Gasteiger partial charge >= 0.3 is 0 Å². The zero-order chi connectivity index (χ0) is 14.5. The molecule has 2 aromatic carbocycles. The van der Waals surface area contributed by atoms with Gasteiger partial charge in [-0.3, -0.25) is 0 Å². The Kier molecular flexibility index (Phi) is 4.79. The molecule has 0 atom stereocenters. The molecule has 21 heavy (non-hydrogen) atoms. The predicted molar refractivity (Wildman–Crippen MR) is 87.0 cm³/mol. The Morgan fingerprint density at radius 3 is 2.48 bits per heavy atom. The lowest BCUT2D eigenvalue weighted by Gasteiger charge is -2.12. The summed E-state index contributed by atoms with van der Waals surface area (Å²) in [6, 6.07) is 16.8. The predicted octanol–water partition coefficient (Wildman–Crippen LogP) is 4.21. The number of hydrogen-bond donors (Lipinski definition) is 1. The number of rotatable bonds is 7. The number of nitrogens with one attached hydrogen (secondary N) is 1. The van der Waals surface area contributed by atoms with E-state index in [-0.39, 0.29) is 0 Å². The quantitative estimate of drug-likeness (QED) is 0.827. The lowest BCUT2D eigenvalue weighted by molar-refractivity contribution is 0.305. The van der Waals surface area contributed by atoms with E-state index >= 15 is 0 Å². The van der Waals surface area contributed by atoms with Gasteiger partial charge < -0.3 is 10.1 Å². The van der Waals surface area contributed by atoms with Gasteiger partial charge in [0.15, 0.2) is 0 Å². The topological polar surface area (TPSA) is 21.3 Å². The highest BCUT2D eigenvalue weighted by molar-refractivity contribution is 6.32. The SMILES string of the molecule is Clc1ccccc1OCc1ccccc1CCNC1CC1. The molecule has 3 rings (SSSR count). The number of ether oxygens (including phenoxy) is 1. The monoisotopic (exact) mass is 301 g/mol. The second-order valence-corrected chi connectivity index (χ2v) is 5.87. The Labute approximate surface area is 131 Å². The fourth-order valence-corrected chi connectivity index (χ4v) is 2.55. The van der Waals surface area contributed by atoms with E-state index in [1.54, 1.807) is 0 Å². The van der Waals surface area contributed by atoms with E-state index in [2.05, 4.69) is 29.6 Å². The Hall–Kier alpha value is -1.51. The van der Waals surface area contributed by atoms with Gasteiger partial charge in [0.1, 0.15) is 12.4 Å². The average Bonchev–Trinajstić information content (AvgIpc) is 3.32. The van der Waals surface area contributed by atoms with Crippen LogP contribution in [0.25, 0.3) is 0 Å². The first-order chi connectivity index (χ1) is 10.3. The van der Waals surface area contributed by atoms with Crippen molar-refractivity contribution in [3.8, 4) is 5.75 Å². The molecule has 2 nitrogen and oxygen atoms in total.